The van der Waals surface area contributed by atoms with Gasteiger partial charge < -0.3 is 4.90 Å². The third-order valence-electron chi connectivity index (χ3n) is 10.0. The molecule has 4 aliphatic carbocycles. The first-order valence-electron chi connectivity index (χ1n) is 14.9. The van der Waals surface area contributed by atoms with Crippen molar-refractivity contribution < 1.29 is 0 Å². The number of anilines is 2. The maximum absolute atomic E-state index is 4.07. The molecule has 2 unspecified atom stereocenters. The zero-order valence-electron chi connectivity index (χ0n) is 24.3. The zero-order valence-corrected chi connectivity index (χ0v) is 24.3. The van der Waals surface area contributed by atoms with Crippen LogP contribution >= 0.6 is 0 Å². The molecule has 8 rings (SSSR count). The summed E-state index contributed by atoms with van der Waals surface area (Å²) in [4.78, 5) is 2.39. The first-order valence-corrected chi connectivity index (χ1v) is 14.9. The Bertz CT molecular complexity index is 1890. The number of nitrogens with zero attached hydrogens (tertiary/aromatic N) is 1. The van der Waals surface area contributed by atoms with Gasteiger partial charge in [-0.3, -0.25) is 0 Å². The van der Waals surface area contributed by atoms with Crippen molar-refractivity contribution in [2.45, 2.75) is 38.0 Å². The van der Waals surface area contributed by atoms with Gasteiger partial charge in [0.25, 0.3) is 0 Å². The van der Waals surface area contributed by atoms with Gasteiger partial charge in [0.2, 0.25) is 0 Å². The molecule has 41 heavy (non-hydrogen) atoms. The predicted molar refractivity (Wildman–Crippen MR) is 174 cm³/mol. The van der Waals surface area contributed by atoms with Gasteiger partial charge in [-0.1, -0.05) is 118 Å². The van der Waals surface area contributed by atoms with E-state index in [1.807, 2.05) is 6.08 Å². The Hall–Kier alpha value is -4.36. The molecule has 0 aliphatic heterocycles. The molecule has 4 aromatic carbocycles. The van der Waals surface area contributed by atoms with Crippen LogP contribution in [-0.4, -0.2) is 7.05 Å². The van der Waals surface area contributed by atoms with Gasteiger partial charge in [0.15, 0.2) is 0 Å². The fourth-order valence-electron chi connectivity index (χ4n) is 8.18. The lowest BCUT2D eigenvalue weighted by molar-refractivity contribution is 0.683. The summed E-state index contributed by atoms with van der Waals surface area (Å²) in [7, 11) is 2.23. The van der Waals surface area contributed by atoms with Gasteiger partial charge in [0.05, 0.1) is 5.41 Å². The molecule has 0 bridgehead atoms. The molecule has 0 heterocycles. The fourth-order valence-corrected chi connectivity index (χ4v) is 8.18. The Labute approximate surface area is 243 Å². The van der Waals surface area contributed by atoms with Gasteiger partial charge in [-0.25, -0.2) is 0 Å². The Morgan fingerprint density at radius 2 is 1.51 bits per heavy atom. The highest BCUT2D eigenvalue weighted by atomic mass is 15.1. The Morgan fingerprint density at radius 3 is 2.29 bits per heavy atom. The molecular weight excluding hydrogens is 494 g/mol. The summed E-state index contributed by atoms with van der Waals surface area (Å²) in [6, 6.07) is 32.1. The fraction of sp³-hybridized carbons (Fsp3) is 0.200. The second kappa shape index (κ2) is 8.33. The van der Waals surface area contributed by atoms with Crippen LogP contribution < -0.4 is 4.90 Å². The molecule has 1 nitrogen and oxygen atoms in total. The highest BCUT2D eigenvalue weighted by Crippen LogP contribution is 2.65. The quantitative estimate of drug-likeness (QED) is 0.255. The highest BCUT2D eigenvalue weighted by molar-refractivity contribution is 6.03. The SMILES string of the molecule is C=CC1=CC(C)(C)c2cc(N(C)c3cccc4c3-c3ccccc3C43C4=CCC(C)C=C4c4ccccc43)ccc21. The van der Waals surface area contributed by atoms with Gasteiger partial charge >= 0.3 is 0 Å². The monoisotopic (exact) mass is 529 g/mol. The molecule has 0 N–H and O–H groups in total. The molecule has 0 aromatic heterocycles. The van der Waals surface area contributed by atoms with E-state index in [2.05, 4.69) is 142 Å². The largest absolute Gasteiger partial charge is 0.344 e. The average Bonchev–Trinajstić information content (AvgIpc) is 3.56. The van der Waals surface area contributed by atoms with E-state index in [0.29, 0.717) is 5.92 Å². The van der Waals surface area contributed by atoms with Crippen LogP contribution in [-0.2, 0) is 10.8 Å². The maximum Gasteiger partial charge on any atom is 0.0723 e. The number of fused-ring (bicyclic) bond motifs is 11. The first kappa shape index (κ1) is 24.4. The topological polar surface area (TPSA) is 3.24 Å². The van der Waals surface area contributed by atoms with Crippen LogP contribution in [0, 0.1) is 5.92 Å². The zero-order chi connectivity index (χ0) is 28.1. The summed E-state index contributed by atoms with van der Waals surface area (Å²) in [6.07, 6.45) is 10.5. The molecule has 0 fully saturated rings. The van der Waals surface area contributed by atoms with Gasteiger partial charge in [0.1, 0.15) is 0 Å². The van der Waals surface area contributed by atoms with Crippen LogP contribution in [0.5, 0.6) is 0 Å². The summed E-state index contributed by atoms with van der Waals surface area (Å²) in [5.41, 5.74) is 17.2. The Kier molecular flexibility index (Phi) is 4.97. The van der Waals surface area contributed by atoms with E-state index in [0.717, 1.165) is 6.42 Å². The molecule has 0 saturated heterocycles. The van der Waals surface area contributed by atoms with E-state index in [1.54, 1.807) is 0 Å². The van der Waals surface area contributed by atoms with E-state index < -0.39 is 0 Å². The van der Waals surface area contributed by atoms with Crippen molar-refractivity contribution in [1.29, 1.82) is 0 Å². The molecule has 4 aliphatic rings. The second-order valence-corrected chi connectivity index (χ2v) is 12.8. The lowest BCUT2D eigenvalue weighted by Crippen LogP contribution is -2.26. The second-order valence-electron chi connectivity index (χ2n) is 12.8. The van der Waals surface area contributed by atoms with Gasteiger partial charge in [-0.2, -0.15) is 0 Å². The molecule has 4 aromatic rings. The summed E-state index contributed by atoms with van der Waals surface area (Å²) in [5.74, 6) is 0.547. The lowest BCUT2D eigenvalue weighted by atomic mass is 9.69. The van der Waals surface area contributed by atoms with Crippen molar-refractivity contribution in [3.05, 3.63) is 155 Å². The van der Waals surface area contributed by atoms with E-state index in [-0.39, 0.29) is 10.8 Å². The van der Waals surface area contributed by atoms with Crippen molar-refractivity contribution in [2.24, 2.45) is 5.92 Å². The van der Waals surface area contributed by atoms with Gasteiger partial charge in [0, 0.05) is 29.4 Å². The minimum absolute atomic E-state index is 0.0219. The Balaban J connectivity index is 1.37. The smallest absolute Gasteiger partial charge is 0.0723 e. The van der Waals surface area contributed by atoms with Crippen molar-refractivity contribution >= 4 is 22.5 Å². The van der Waals surface area contributed by atoms with Crippen LogP contribution in [0.1, 0.15) is 60.6 Å². The minimum Gasteiger partial charge on any atom is -0.344 e. The molecule has 1 heteroatoms. The van der Waals surface area contributed by atoms with Crippen molar-refractivity contribution in [3.8, 4) is 11.1 Å². The normalized spacial score (nSPS) is 22.1. The maximum atomic E-state index is 4.07. The van der Waals surface area contributed by atoms with E-state index in [4.69, 9.17) is 0 Å². The van der Waals surface area contributed by atoms with Gasteiger partial charge in [-0.15, -0.1) is 0 Å². The van der Waals surface area contributed by atoms with Crippen LogP contribution in [0.25, 0.3) is 22.3 Å². The van der Waals surface area contributed by atoms with Crippen LogP contribution in [0.2, 0.25) is 0 Å². The van der Waals surface area contributed by atoms with E-state index in [9.17, 15) is 0 Å². The molecular formula is C40H35N. The standard InChI is InChI=1S/C40H35N/c1-6-26-24-39(3,4)36-23-27(19-20-28(26)36)41(5)37-17-11-16-35-38(37)30-13-8-10-15-33(30)40(35)32-14-9-7-12-29(32)31-22-25(2)18-21-34(31)40/h6-17,19-25H,1,18H2,2-5H3. The number of hydrogen-bond acceptors (Lipinski definition) is 1. The number of benzene rings is 4. The average molecular weight is 530 g/mol. The minimum atomic E-state index is -0.284. The van der Waals surface area contributed by atoms with Crippen molar-refractivity contribution in [1.82, 2.24) is 0 Å². The summed E-state index contributed by atoms with van der Waals surface area (Å²) >= 11 is 0. The van der Waals surface area contributed by atoms with Crippen LogP contribution in [0.4, 0.5) is 11.4 Å². The molecule has 1 spiro atoms. The van der Waals surface area contributed by atoms with E-state index >= 15 is 0 Å². The first-order chi connectivity index (χ1) is 19.9. The summed E-state index contributed by atoms with van der Waals surface area (Å²) < 4.78 is 0. The number of rotatable bonds is 3. The Morgan fingerprint density at radius 1 is 0.805 bits per heavy atom. The highest BCUT2D eigenvalue weighted by Gasteiger charge is 2.54. The van der Waals surface area contributed by atoms with Gasteiger partial charge in [-0.05, 0) is 86.2 Å². The van der Waals surface area contributed by atoms with E-state index in [1.165, 1.54) is 72.6 Å². The molecule has 0 saturated carbocycles. The number of hydrogen-bond donors (Lipinski definition) is 0. The molecule has 200 valence electrons. The third kappa shape index (κ3) is 3.07. The predicted octanol–water partition coefficient (Wildman–Crippen LogP) is 9.99. The van der Waals surface area contributed by atoms with Crippen molar-refractivity contribution in [3.63, 3.8) is 0 Å². The lowest BCUT2D eigenvalue weighted by Gasteiger charge is -2.32. The molecule has 2 atom stereocenters. The van der Waals surface area contributed by atoms with Crippen molar-refractivity contribution in [2.75, 3.05) is 11.9 Å². The molecule has 0 amide bonds. The van der Waals surface area contributed by atoms with Crippen LogP contribution in [0.3, 0.4) is 0 Å². The third-order valence-corrected chi connectivity index (χ3v) is 10.0. The van der Waals surface area contributed by atoms with Crippen LogP contribution in [0.15, 0.2) is 121 Å². The summed E-state index contributed by atoms with van der Waals surface area (Å²) in [5, 5.41) is 0. The summed E-state index contributed by atoms with van der Waals surface area (Å²) in [6.45, 7) is 11.0. The molecule has 0 radical (unpaired) electrons. The number of allylic oxidation sites excluding steroid dienone is 7.